The maximum Gasteiger partial charge on any atom is 0.255 e. The number of ether oxygens (including phenoxy) is 2. The van der Waals surface area contributed by atoms with E-state index in [1.165, 1.54) is 4.88 Å². The van der Waals surface area contributed by atoms with Crippen LogP contribution in [0.4, 0.5) is 0 Å². The van der Waals surface area contributed by atoms with Crippen molar-refractivity contribution in [2.45, 2.75) is 39.7 Å². The Kier molecular flexibility index (Phi) is 11.0. The van der Waals surface area contributed by atoms with E-state index in [0.717, 1.165) is 27.8 Å². The third-order valence-electron chi connectivity index (χ3n) is 6.11. The zero-order valence-electron chi connectivity index (χ0n) is 22.0. The summed E-state index contributed by atoms with van der Waals surface area (Å²) in [5.74, 6) is 1.13. The molecule has 0 aliphatic rings. The summed E-state index contributed by atoms with van der Waals surface area (Å²) in [6.45, 7) is 5.75. The van der Waals surface area contributed by atoms with Crippen LogP contribution in [-0.2, 0) is 17.8 Å². The average Bonchev–Trinajstić information content (AvgIpc) is 3.32. The van der Waals surface area contributed by atoms with Gasteiger partial charge >= 0.3 is 0 Å². The molecule has 2 aromatic carbocycles. The Morgan fingerprint density at radius 1 is 0.946 bits per heavy atom. The summed E-state index contributed by atoms with van der Waals surface area (Å²) in [6, 6.07) is 17.3. The van der Waals surface area contributed by atoms with Crippen LogP contribution in [0.15, 0.2) is 59.1 Å². The lowest BCUT2D eigenvalue weighted by molar-refractivity contribution is -0.132. The first-order valence-electron chi connectivity index (χ1n) is 12.4. The van der Waals surface area contributed by atoms with Gasteiger partial charge in [-0.15, -0.1) is 11.3 Å². The summed E-state index contributed by atoms with van der Waals surface area (Å²) in [6.07, 6.45) is 2.42. The van der Waals surface area contributed by atoms with Gasteiger partial charge in [-0.05, 0) is 77.7 Å². The molecule has 0 saturated carbocycles. The second-order valence-corrected chi connectivity index (χ2v) is 11.1. The summed E-state index contributed by atoms with van der Waals surface area (Å²) in [4.78, 5) is 32.9. The van der Waals surface area contributed by atoms with Crippen LogP contribution in [0.1, 0.15) is 45.4 Å². The van der Waals surface area contributed by atoms with Crippen molar-refractivity contribution in [3.05, 3.63) is 80.0 Å². The predicted octanol–water partition coefficient (Wildman–Crippen LogP) is 6.35. The number of halogens is 1. The number of carbonyl (C=O) groups excluding carboxylic acids is 2. The number of hydrogen-bond donors (Lipinski definition) is 0. The molecule has 0 unspecified atom stereocenters. The highest BCUT2D eigenvalue weighted by Gasteiger charge is 2.24. The Morgan fingerprint density at radius 2 is 1.70 bits per heavy atom. The molecule has 2 amide bonds. The highest BCUT2D eigenvalue weighted by Crippen LogP contribution is 2.28. The molecule has 6 nitrogen and oxygen atoms in total. The lowest BCUT2D eigenvalue weighted by atomic mass is 10.1. The van der Waals surface area contributed by atoms with Gasteiger partial charge in [-0.2, -0.15) is 0 Å². The molecule has 0 atom stereocenters. The van der Waals surface area contributed by atoms with E-state index >= 15 is 0 Å². The molecule has 0 aliphatic heterocycles. The molecule has 0 N–H and O–H groups in total. The number of nitrogens with zero attached hydrogens (tertiary/aromatic N) is 2. The fourth-order valence-electron chi connectivity index (χ4n) is 4.02. The minimum atomic E-state index is -0.138. The smallest absolute Gasteiger partial charge is 0.255 e. The molecule has 1 aromatic heterocycles. The van der Waals surface area contributed by atoms with E-state index in [-0.39, 0.29) is 18.4 Å². The van der Waals surface area contributed by atoms with Crippen molar-refractivity contribution >= 4 is 39.1 Å². The van der Waals surface area contributed by atoms with Gasteiger partial charge in [0.15, 0.2) is 11.5 Å². The average molecular weight is 588 g/mol. The third-order valence-corrected chi connectivity index (χ3v) is 7.79. The molecule has 3 aromatic rings. The van der Waals surface area contributed by atoms with Gasteiger partial charge in [-0.1, -0.05) is 31.5 Å². The summed E-state index contributed by atoms with van der Waals surface area (Å²) < 4.78 is 11.5. The minimum absolute atomic E-state index is 0.0382. The van der Waals surface area contributed by atoms with Gasteiger partial charge in [0.1, 0.15) is 6.54 Å². The number of thiophene rings is 1. The Hall–Kier alpha value is -2.84. The number of rotatable bonds is 13. The van der Waals surface area contributed by atoms with E-state index in [9.17, 15) is 9.59 Å². The number of hydrogen-bond acceptors (Lipinski definition) is 5. The third kappa shape index (κ3) is 8.07. The van der Waals surface area contributed by atoms with E-state index < -0.39 is 0 Å². The molecule has 0 fully saturated rings. The zero-order valence-corrected chi connectivity index (χ0v) is 24.4. The second-order valence-electron chi connectivity index (χ2n) is 8.83. The number of methoxy groups -OCH3 is 2. The molecular formula is C29H35BrN2O4S. The number of unbranched alkanes of at least 4 members (excludes halogenated alkanes) is 1. The molecule has 0 saturated heterocycles. The lowest BCUT2D eigenvalue weighted by Gasteiger charge is -2.28. The van der Waals surface area contributed by atoms with Crippen molar-refractivity contribution in [3.63, 3.8) is 0 Å². The first-order valence-corrected chi connectivity index (χ1v) is 14.0. The van der Waals surface area contributed by atoms with Crippen LogP contribution in [-0.4, -0.2) is 55.5 Å². The highest BCUT2D eigenvalue weighted by molar-refractivity contribution is 9.10. The van der Waals surface area contributed by atoms with Crippen LogP contribution >= 0.6 is 27.3 Å². The van der Waals surface area contributed by atoms with Crippen molar-refractivity contribution in [2.24, 2.45) is 0 Å². The number of benzene rings is 2. The molecule has 1 heterocycles. The van der Waals surface area contributed by atoms with Crippen LogP contribution in [0, 0.1) is 6.92 Å². The number of aryl methyl sites for hydroxylation is 1. The van der Waals surface area contributed by atoms with Crippen LogP contribution < -0.4 is 9.47 Å². The van der Waals surface area contributed by atoms with Gasteiger partial charge in [-0.25, -0.2) is 0 Å². The Morgan fingerprint density at radius 3 is 2.35 bits per heavy atom. The SMILES string of the molecule is CCCCN(CC(=O)N(CCc1ccc(OC)c(OC)c1)Cc1ccc(C)s1)C(=O)c1ccccc1Br. The predicted molar refractivity (Wildman–Crippen MR) is 153 cm³/mol. The van der Waals surface area contributed by atoms with Gasteiger partial charge in [0.25, 0.3) is 5.91 Å². The number of carbonyl (C=O) groups is 2. The molecule has 0 spiro atoms. The molecule has 37 heavy (non-hydrogen) atoms. The van der Waals surface area contributed by atoms with E-state index in [0.29, 0.717) is 43.1 Å². The maximum absolute atomic E-state index is 13.7. The molecule has 8 heteroatoms. The molecule has 0 bridgehead atoms. The van der Waals surface area contributed by atoms with Crippen molar-refractivity contribution in [1.82, 2.24) is 9.80 Å². The van der Waals surface area contributed by atoms with E-state index in [1.54, 1.807) is 36.5 Å². The van der Waals surface area contributed by atoms with E-state index in [1.807, 2.05) is 41.3 Å². The maximum atomic E-state index is 13.7. The fraction of sp³-hybridized carbons (Fsp3) is 0.379. The molecular weight excluding hydrogens is 552 g/mol. The van der Waals surface area contributed by atoms with Crippen LogP contribution in [0.2, 0.25) is 0 Å². The Labute approximate surface area is 232 Å². The van der Waals surface area contributed by atoms with Crippen molar-refractivity contribution < 1.29 is 19.1 Å². The Bertz CT molecular complexity index is 1200. The summed E-state index contributed by atoms with van der Waals surface area (Å²) in [7, 11) is 3.23. The van der Waals surface area contributed by atoms with E-state index in [4.69, 9.17) is 9.47 Å². The molecule has 3 rings (SSSR count). The second kappa shape index (κ2) is 14.2. The van der Waals surface area contributed by atoms with Crippen LogP contribution in [0.25, 0.3) is 0 Å². The van der Waals surface area contributed by atoms with Crippen LogP contribution in [0.5, 0.6) is 11.5 Å². The molecule has 198 valence electrons. The normalized spacial score (nSPS) is 10.7. The van der Waals surface area contributed by atoms with Gasteiger partial charge in [0.05, 0.1) is 26.3 Å². The van der Waals surface area contributed by atoms with Gasteiger partial charge < -0.3 is 19.3 Å². The highest BCUT2D eigenvalue weighted by atomic mass is 79.9. The fourth-order valence-corrected chi connectivity index (χ4v) is 5.38. The molecule has 0 aliphatic carbocycles. The zero-order chi connectivity index (χ0) is 26.8. The largest absolute Gasteiger partial charge is 0.493 e. The quantitative estimate of drug-likeness (QED) is 0.234. The summed E-state index contributed by atoms with van der Waals surface area (Å²) >= 11 is 5.17. The molecule has 0 radical (unpaired) electrons. The van der Waals surface area contributed by atoms with Crippen molar-refractivity contribution in [2.75, 3.05) is 33.9 Å². The topological polar surface area (TPSA) is 59.1 Å². The first kappa shape index (κ1) is 28.7. The Balaban J connectivity index is 1.80. The monoisotopic (exact) mass is 586 g/mol. The van der Waals surface area contributed by atoms with Crippen molar-refractivity contribution in [1.29, 1.82) is 0 Å². The minimum Gasteiger partial charge on any atom is -0.493 e. The van der Waals surface area contributed by atoms with Gasteiger partial charge in [-0.3, -0.25) is 9.59 Å². The van der Waals surface area contributed by atoms with Gasteiger partial charge in [0.2, 0.25) is 5.91 Å². The summed E-state index contributed by atoms with van der Waals surface area (Å²) in [5.41, 5.74) is 1.61. The lowest BCUT2D eigenvalue weighted by Crippen LogP contribution is -2.43. The summed E-state index contributed by atoms with van der Waals surface area (Å²) in [5, 5.41) is 0. The standard InChI is InChI=1S/C29H35BrN2O4S/c1-5-6-16-32(29(34)24-9-7-8-10-25(24)30)20-28(33)31(19-23-13-11-21(2)37-23)17-15-22-12-14-26(35-3)27(18-22)36-4/h7-14,18H,5-6,15-17,19-20H2,1-4H3. The first-order chi connectivity index (χ1) is 17.9. The van der Waals surface area contributed by atoms with E-state index in [2.05, 4.69) is 41.9 Å². The van der Waals surface area contributed by atoms with Crippen LogP contribution in [0.3, 0.4) is 0 Å². The van der Waals surface area contributed by atoms with Gasteiger partial charge in [0, 0.05) is 27.3 Å². The van der Waals surface area contributed by atoms with Crippen molar-refractivity contribution in [3.8, 4) is 11.5 Å². The number of amides is 2.